The first kappa shape index (κ1) is 7.14. The lowest BCUT2D eigenvalue weighted by Gasteiger charge is -2.09. The van der Waals surface area contributed by atoms with Gasteiger partial charge >= 0.3 is 0 Å². The van der Waals surface area contributed by atoms with Crippen molar-refractivity contribution in [2.24, 2.45) is 22.1 Å². The van der Waals surface area contributed by atoms with Gasteiger partial charge in [0.05, 0.1) is 5.84 Å². The van der Waals surface area contributed by atoms with Crippen LogP contribution in [0.25, 0.3) is 0 Å². The molecular formula is C9H16N2. The Bertz CT molecular complexity index is 184. The van der Waals surface area contributed by atoms with Gasteiger partial charge < -0.3 is 5.73 Å². The SMILES string of the molecule is CC(N)=NCC1(C2CC2)CC1. The standard InChI is InChI=1S/C9H16N2/c1-7(10)11-6-9(4-5-9)8-2-3-8/h8H,2-6H2,1H3,(H2,10,11). The monoisotopic (exact) mass is 152 g/mol. The van der Waals surface area contributed by atoms with E-state index in [4.69, 9.17) is 5.73 Å². The summed E-state index contributed by atoms with van der Waals surface area (Å²) in [5.41, 5.74) is 6.12. The Hall–Kier alpha value is -0.530. The van der Waals surface area contributed by atoms with E-state index in [2.05, 4.69) is 4.99 Å². The lowest BCUT2D eigenvalue weighted by Crippen LogP contribution is -2.13. The molecule has 0 bridgehead atoms. The third kappa shape index (κ3) is 1.39. The van der Waals surface area contributed by atoms with Gasteiger partial charge in [0.1, 0.15) is 0 Å². The minimum Gasteiger partial charge on any atom is -0.388 e. The van der Waals surface area contributed by atoms with Gasteiger partial charge in [-0.3, -0.25) is 4.99 Å². The van der Waals surface area contributed by atoms with Crippen LogP contribution in [0, 0.1) is 11.3 Å². The van der Waals surface area contributed by atoms with E-state index in [1.807, 2.05) is 6.92 Å². The maximum atomic E-state index is 5.50. The Morgan fingerprint density at radius 2 is 2.18 bits per heavy atom. The fraction of sp³-hybridized carbons (Fsp3) is 0.889. The average molecular weight is 152 g/mol. The van der Waals surface area contributed by atoms with Crippen LogP contribution in [-0.4, -0.2) is 12.4 Å². The summed E-state index contributed by atoms with van der Waals surface area (Å²) in [6.07, 6.45) is 5.68. The van der Waals surface area contributed by atoms with E-state index in [1.165, 1.54) is 25.7 Å². The fourth-order valence-electron chi connectivity index (χ4n) is 1.83. The molecule has 11 heavy (non-hydrogen) atoms. The molecule has 0 unspecified atom stereocenters. The van der Waals surface area contributed by atoms with Crippen molar-refractivity contribution >= 4 is 5.84 Å². The van der Waals surface area contributed by atoms with Gasteiger partial charge in [-0.05, 0) is 43.9 Å². The van der Waals surface area contributed by atoms with Gasteiger partial charge in [0.15, 0.2) is 0 Å². The Labute approximate surface area is 67.9 Å². The second kappa shape index (κ2) is 2.23. The molecule has 0 aromatic rings. The van der Waals surface area contributed by atoms with Crippen LogP contribution < -0.4 is 5.73 Å². The molecule has 0 amide bonds. The summed E-state index contributed by atoms with van der Waals surface area (Å²) in [4.78, 5) is 4.31. The molecule has 0 aromatic carbocycles. The van der Waals surface area contributed by atoms with E-state index in [9.17, 15) is 0 Å². The van der Waals surface area contributed by atoms with Crippen LogP contribution in [0.4, 0.5) is 0 Å². The summed E-state index contributed by atoms with van der Waals surface area (Å²) in [7, 11) is 0. The highest BCUT2D eigenvalue weighted by molar-refractivity contribution is 5.77. The average Bonchev–Trinajstić information content (AvgIpc) is 2.79. The Kier molecular flexibility index (Phi) is 1.44. The minimum absolute atomic E-state index is 0.626. The van der Waals surface area contributed by atoms with Gasteiger partial charge in [-0.1, -0.05) is 0 Å². The Balaban J connectivity index is 1.89. The van der Waals surface area contributed by atoms with E-state index in [-0.39, 0.29) is 0 Å². The molecule has 2 fully saturated rings. The van der Waals surface area contributed by atoms with Crippen molar-refractivity contribution in [3.63, 3.8) is 0 Å². The molecule has 0 heterocycles. The number of amidine groups is 1. The van der Waals surface area contributed by atoms with Crippen LogP contribution in [0.5, 0.6) is 0 Å². The Morgan fingerprint density at radius 1 is 1.55 bits per heavy atom. The number of nitrogens with two attached hydrogens (primary N) is 1. The highest BCUT2D eigenvalue weighted by Crippen LogP contribution is 2.61. The van der Waals surface area contributed by atoms with Crippen LogP contribution in [0.3, 0.4) is 0 Å². The second-order valence-corrected chi connectivity index (χ2v) is 4.09. The van der Waals surface area contributed by atoms with Gasteiger partial charge in [0.25, 0.3) is 0 Å². The summed E-state index contributed by atoms with van der Waals surface area (Å²) >= 11 is 0. The van der Waals surface area contributed by atoms with Crippen LogP contribution in [-0.2, 0) is 0 Å². The minimum atomic E-state index is 0.626. The summed E-state index contributed by atoms with van der Waals surface area (Å²) < 4.78 is 0. The van der Waals surface area contributed by atoms with Crippen molar-refractivity contribution in [3.8, 4) is 0 Å². The van der Waals surface area contributed by atoms with Crippen LogP contribution >= 0.6 is 0 Å². The molecule has 2 nitrogen and oxygen atoms in total. The third-order valence-electron chi connectivity index (χ3n) is 2.98. The van der Waals surface area contributed by atoms with E-state index in [1.54, 1.807) is 0 Å². The molecule has 0 atom stereocenters. The number of aliphatic imine (C=N–C) groups is 1. The first-order valence-corrected chi connectivity index (χ1v) is 4.49. The maximum Gasteiger partial charge on any atom is 0.0905 e. The van der Waals surface area contributed by atoms with Crippen molar-refractivity contribution in [1.29, 1.82) is 0 Å². The molecular weight excluding hydrogens is 136 g/mol. The van der Waals surface area contributed by atoms with E-state index in [0.717, 1.165) is 18.3 Å². The lowest BCUT2D eigenvalue weighted by atomic mass is 10.0. The maximum absolute atomic E-state index is 5.50. The lowest BCUT2D eigenvalue weighted by molar-refractivity contribution is 0.454. The molecule has 2 N–H and O–H groups in total. The highest BCUT2D eigenvalue weighted by atomic mass is 14.9. The van der Waals surface area contributed by atoms with E-state index >= 15 is 0 Å². The smallest absolute Gasteiger partial charge is 0.0905 e. The summed E-state index contributed by atoms with van der Waals surface area (Å²) in [5, 5.41) is 0. The third-order valence-corrected chi connectivity index (χ3v) is 2.98. The van der Waals surface area contributed by atoms with Gasteiger partial charge in [0.2, 0.25) is 0 Å². The molecule has 0 saturated heterocycles. The highest BCUT2D eigenvalue weighted by Gasteiger charge is 2.53. The predicted molar refractivity (Wildman–Crippen MR) is 46.6 cm³/mol. The molecule has 2 rings (SSSR count). The normalized spacial score (nSPS) is 28.6. The first-order chi connectivity index (χ1) is 5.23. The van der Waals surface area contributed by atoms with Crippen LogP contribution in [0.15, 0.2) is 4.99 Å². The van der Waals surface area contributed by atoms with Gasteiger partial charge in [0, 0.05) is 6.54 Å². The van der Waals surface area contributed by atoms with E-state index < -0.39 is 0 Å². The van der Waals surface area contributed by atoms with Crippen molar-refractivity contribution in [3.05, 3.63) is 0 Å². The summed E-state index contributed by atoms with van der Waals surface area (Å²) in [6, 6.07) is 0. The fourth-order valence-corrected chi connectivity index (χ4v) is 1.83. The number of hydrogen-bond acceptors (Lipinski definition) is 1. The second-order valence-electron chi connectivity index (χ2n) is 4.09. The largest absolute Gasteiger partial charge is 0.388 e. The van der Waals surface area contributed by atoms with Crippen LogP contribution in [0.1, 0.15) is 32.6 Å². The molecule has 0 aliphatic heterocycles. The van der Waals surface area contributed by atoms with Gasteiger partial charge in [-0.15, -0.1) is 0 Å². The van der Waals surface area contributed by atoms with Crippen molar-refractivity contribution in [2.75, 3.05) is 6.54 Å². The zero-order valence-electron chi connectivity index (χ0n) is 7.14. The molecule has 0 radical (unpaired) electrons. The predicted octanol–water partition coefficient (Wildman–Crippen LogP) is 1.55. The first-order valence-electron chi connectivity index (χ1n) is 4.49. The quantitative estimate of drug-likeness (QED) is 0.483. The molecule has 0 spiro atoms. The van der Waals surface area contributed by atoms with Crippen molar-refractivity contribution in [1.82, 2.24) is 0 Å². The molecule has 62 valence electrons. The number of hydrogen-bond donors (Lipinski definition) is 1. The summed E-state index contributed by atoms with van der Waals surface area (Å²) in [6.45, 7) is 2.88. The van der Waals surface area contributed by atoms with E-state index in [0.29, 0.717) is 5.41 Å². The number of nitrogens with zero attached hydrogens (tertiary/aromatic N) is 1. The van der Waals surface area contributed by atoms with Crippen molar-refractivity contribution < 1.29 is 0 Å². The Morgan fingerprint density at radius 3 is 2.55 bits per heavy atom. The van der Waals surface area contributed by atoms with Crippen LogP contribution in [0.2, 0.25) is 0 Å². The molecule has 0 aromatic heterocycles. The summed E-state index contributed by atoms with van der Waals surface area (Å²) in [5.74, 6) is 1.75. The topological polar surface area (TPSA) is 38.4 Å². The van der Waals surface area contributed by atoms with Gasteiger partial charge in [-0.2, -0.15) is 0 Å². The molecule has 2 aliphatic carbocycles. The molecule has 2 saturated carbocycles. The van der Waals surface area contributed by atoms with Crippen molar-refractivity contribution in [2.45, 2.75) is 32.6 Å². The molecule has 2 aliphatic rings. The zero-order valence-corrected chi connectivity index (χ0v) is 7.14. The molecule has 2 heteroatoms. The number of rotatable bonds is 3. The van der Waals surface area contributed by atoms with Gasteiger partial charge in [-0.25, -0.2) is 0 Å². The zero-order chi connectivity index (χ0) is 7.90.